The number of allylic oxidation sites excluding steroid dienone is 1. The molecule has 0 atom stereocenters. The molecule has 0 saturated heterocycles. The highest BCUT2D eigenvalue weighted by molar-refractivity contribution is 5.62. The number of benzene rings is 1. The average molecular weight is 272 g/mol. The molecule has 0 aliphatic carbocycles. The van der Waals surface area contributed by atoms with Crippen molar-refractivity contribution >= 4 is 12.4 Å². The number of hydrogen-bond donors (Lipinski definition) is 0. The molecule has 0 aliphatic rings. The first kappa shape index (κ1) is 14.1. The highest BCUT2D eigenvalue weighted by atomic mass is 19.3. The zero-order valence-corrected chi connectivity index (χ0v) is 10.9. The van der Waals surface area contributed by atoms with Crippen LogP contribution in [0.1, 0.15) is 12.0 Å². The van der Waals surface area contributed by atoms with Crippen LogP contribution in [0.3, 0.4) is 0 Å². The highest BCUT2D eigenvalue weighted by Crippen LogP contribution is 2.21. The van der Waals surface area contributed by atoms with Gasteiger partial charge in [0, 0.05) is 11.8 Å². The fourth-order valence-corrected chi connectivity index (χ4v) is 1.83. The van der Waals surface area contributed by atoms with Crippen LogP contribution in [0, 0.1) is 0 Å². The lowest BCUT2D eigenvalue weighted by atomic mass is 10.1. The van der Waals surface area contributed by atoms with Gasteiger partial charge >= 0.3 is 0 Å². The van der Waals surface area contributed by atoms with Crippen LogP contribution in [0.15, 0.2) is 59.7 Å². The second-order valence-electron chi connectivity index (χ2n) is 4.29. The summed E-state index contributed by atoms with van der Waals surface area (Å²) in [6, 6.07) is 11.4. The summed E-state index contributed by atoms with van der Waals surface area (Å²) in [6.07, 6.45) is 1.89. The summed E-state index contributed by atoms with van der Waals surface area (Å²) in [7, 11) is 0. The van der Waals surface area contributed by atoms with Crippen LogP contribution in [0.4, 0.5) is 14.5 Å². The van der Waals surface area contributed by atoms with Crippen LogP contribution < -0.4 is 0 Å². The Labute approximate surface area is 116 Å². The minimum absolute atomic E-state index is 0.322. The summed E-state index contributed by atoms with van der Waals surface area (Å²) in [4.78, 5) is 8.18. The third-order valence-electron chi connectivity index (χ3n) is 2.90. The fourth-order valence-electron chi connectivity index (χ4n) is 1.83. The number of rotatable bonds is 5. The molecule has 0 amide bonds. The summed E-state index contributed by atoms with van der Waals surface area (Å²) >= 11 is 0. The molecule has 1 heterocycles. The van der Waals surface area contributed by atoms with Crippen molar-refractivity contribution in [2.75, 3.05) is 0 Å². The van der Waals surface area contributed by atoms with Gasteiger partial charge in [0.15, 0.2) is 0 Å². The first-order valence-electron chi connectivity index (χ1n) is 6.22. The van der Waals surface area contributed by atoms with Gasteiger partial charge in [-0.3, -0.25) is 9.98 Å². The lowest BCUT2D eigenvalue weighted by Gasteiger charge is -2.03. The second-order valence-corrected chi connectivity index (χ2v) is 4.29. The zero-order valence-electron chi connectivity index (χ0n) is 10.9. The molecule has 102 valence electrons. The predicted molar refractivity (Wildman–Crippen MR) is 77.5 cm³/mol. The smallest absolute Gasteiger partial charge is 0.265 e. The van der Waals surface area contributed by atoms with E-state index in [1.165, 1.54) is 0 Å². The van der Waals surface area contributed by atoms with Crippen molar-refractivity contribution in [2.45, 2.75) is 12.8 Å². The minimum atomic E-state index is -1.63. The van der Waals surface area contributed by atoms with E-state index in [1.54, 1.807) is 6.20 Å². The summed E-state index contributed by atoms with van der Waals surface area (Å²) in [5, 5.41) is 0. The second kappa shape index (κ2) is 6.70. The molecule has 1 aromatic heterocycles. The lowest BCUT2D eigenvalue weighted by Crippen LogP contribution is -1.88. The highest BCUT2D eigenvalue weighted by Gasteiger charge is 2.00. The molecule has 4 heteroatoms. The van der Waals surface area contributed by atoms with E-state index in [1.807, 2.05) is 36.4 Å². The number of hydrogen-bond acceptors (Lipinski definition) is 2. The van der Waals surface area contributed by atoms with E-state index in [2.05, 4.69) is 16.7 Å². The summed E-state index contributed by atoms with van der Waals surface area (Å²) < 4.78 is 23.8. The molecule has 0 unspecified atom stereocenters. The Balaban J connectivity index is 2.07. The van der Waals surface area contributed by atoms with Crippen LogP contribution in [0.25, 0.3) is 11.3 Å². The predicted octanol–water partition coefficient (Wildman–Crippen LogP) is 4.79. The monoisotopic (exact) mass is 272 g/mol. The van der Waals surface area contributed by atoms with Crippen molar-refractivity contribution in [1.82, 2.24) is 4.98 Å². The van der Waals surface area contributed by atoms with Crippen molar-refractivity contribution in [1.29, 1.82) is 0 Å². The van der Waals surface area contributed by atoms with Crippen molar-refractivity contribution in [3.8, 4) is 11.3 Å². The molecule has 0 aliphatic heterocycles. The van der Waals surface area contributed by atoms with Crippen molar-refractivity contribution < 1.29 is 8.78 Å². The van der Waals surface area contributed by atoms with Gasteiger partial charge in [-0.15, -0.1) is 0 Å². The topological polar surface area (TPSA) is 25.2 Å². The number of aliphatic imine (C=N–C) groups is 1. The standard InChI is InChI=1S/C16H14F2N2/c1-19-14-8-6-13(7-9-14)15-10-5-12(11-20-15)3-2-4-16(17)18/h4-11H,1-3H2. The van der Waals surface area contributed by atoms with Gasteiger partial charge in [0.25, 0.3) is 6.08 Å². The van der Waals surface area contributed by atoms with E-state index in [9.17, 15) is 8.78 Å². The van der Waals surface area contributed by atoms with Gasteiger partial charge in [-0.1, -0.05) is 18.2 Å². The van der Waals surface area contributed by atoms with Crippen LogP contribution in [0.5, 0.6) is 0 Å². The Morgan fingerprint density at radius 3 is 2.45 bits per heavy atom. The molecular formula is C16H14F2N2. The van der Waals surface area contributed by atoms with Crippen LogP contribution in [0.2, 0.25) is 0 Å². The summed E-state index contributed by atoms with van der Waals surface area (Å²) in [6.45, 7) is 3.46. The molecule has 2 nitrogen and oxygen atoms in total. The van der Waals surface area contributed by atoms with Crippen molar-refractivity contribution in [3.05, 3.63) is 60.3 Å². The minimum Gasteiger partial charge on any atom is -0.265 e. The van der Waals surface area contributed by atoms with Crippen LogP contribution in [-0.2, 0) is 6.42 Å². The Morgan fingerprint density at radius 1 is 1.15 bits per heavy atom. The number of aryl methyl sites for hydroxylation is 1. The Kier molecular flexibility index (Phi) is 4.71. The number of halogens is 2. The number of aromatic nitrogens is 1. The fraction of sp³-hybridized carbons (Fsp3) is 0.125. The van der Waals surface area contributed by atoms with E-state index < -0.39 is 6.08 Å². The summed E-state index contributed by atoms with van der Waals surface area (Å²) in [5.41, 5.74) is 3.58. The Morgan fingerprint density at radius 2 is 1.90 bits per heavy atom. The molecule has 0 fully saturated rings. The molecule has 2 rings (SSSR count). The third kappa shape index (κ3) is 3.82. The maximum absolute atomic E-state index is 11.9. The molecular weight excluding hydrogens is 258 g/mol. The van der Waals surface area contributed by atoms with Gasteiger partial charge in [-0.25, -0.2) is 0 Å². The maximum Gasteiger partial charge on any atom is 0.266 e. The van der Waals surface area contributed by atoms with Crippen molar-refractivity contribution in [3.63, 3.8) is 0 Å². The largest absolute Gasteiger partial charge is 0.266 e. The summed E-state index contributed by atoms with van der Waals surface area (Å²) in [5.74, 6) is 0. The molecule has 0 saturated carbocycles. The van der Waals surface area contributed by atoms with Gasteiger partial charge in [0.1, 0.15) is 0 Å². The van der Waals surface area contributed by atoms with Crippen LogP contribution >= 0.6 is 0 Å². The Hall–Kier alpha value is -2.36. The molecule has 0 bridgehead atoms. The van der Waals surface area contributed by atoms with Crippen LogP contribution in [-0.4, -0.2) is 11.7 Å². The zero-order chi connectivity index (χ0) is 14.4. The molecule has 0 spiro atoms. The van der Waals surface area contributed by atoms with E-state index in [-0.39, 0.29) is 0 Å². The van der Waals surface area contributed by atoms with E-state index >= 15 is 0 Å². The van der Waals surface area contributed by atoms with E-state index in [0.717, 1.165) is 28.6 Å². The molecule has 0 N–H and O–H groups in total. The van der Waals surface area contributed by atoms with Gasteiger partial charge in [-0.05, 0) is 49.4 Å². The van der Waals surface area contributed by atoms with Gasteiger partial charge in [0.05, 0.1) is 11.4 Å². The van der Waals surface area contributed by atoms with Gasteiger partial charge in [-0.2, -0.15) is 8.78 Å². The quantitative estimate of drug-likeness (QED) is 0.718. The van der Waals surface area contributed by atoms with E-state index in [0.29, 0.717) is 12.8 Å². The third-order valence-corrected chi connectivity index (χ3v) is 2.90. The molecule has 0 radical (unpaired) electrons. The normalized spacial score (nSPS) is 10.1. The number of nitrogens with zero attached hydrogens (tertiary/aromatic N) is 2. The van der Waals surface area contributed by atoms with E-state index in [4.69, 9.17) is 0 Å². The van der Waals surface area contributed by atoms with Crippen molar-refractivity contribution in [2.24, 2.45) is 4.99 Å². The first-order valence-corrected chi connectivity index (χ1v) is 6.22. The van der Waals surface area contributed by atoms with Gasteiger partial charge < -0.3 is 0 Å². The Bertz CT molecular complexity index is 597. The molecule has 20 heavy (non-hydrogen) atoms. The molecule has 1 aromatic carbocycles. The lowest BCUT2D eigenvalue weighted by molar-refractivity contribution is 0.417. The maximum atomic E-state index is 11.9. The first-order chi connectivity index (χ1) is 9.69. The number of pyridine rings is 1. The van der Waals surface area contributed by atoms with Gasteiger partial charge in [0.2, 0.25) is 0 Å². The SMILES string of the molecule is C=Nc1ccc(-c2ccc(CCC=C(F)F)cn2)cc1. The average Bonchev–Trinajstić information content (AvgIpc) is 2.48. The molecule has 2 aromatic rings.